The Hall–Kier alpha value is -1.04. The van der Waals surface area contributed by atoms with Crippen LogP contribution in [0.5, 0.6) is 0 Å². The van der Waals surface area contributed by atoms with Gasteiger partial charge in [0.25, 0.3) is 10.0 Å². The monoisotopic (exact) mass is 416 g/mol. The van der Waals surface area contributed by atoms with E-state index in [2.05, 4.69) is 13.6 Å². The van der Waals surface area contributed by atoms with Crippen LogP contribution < -0.4 is 9.44 Å². The molecule has 0 aliphatic carbocycles. The Morgan fingerprint density at radius 3 is 2.09 bits per heavy atom. The van der Waals surface area contributed by atoms with Gasteiger partial charge in [0.1, 0.15) is 4.21 Å². The summed E-state index contributed by atoms with van der Waals surface area (Å²) < 4.78 is 56.2. The predicted octanol–water partition coefficient (Wildman–Crippen LogP) is 3.16. The van der Waals surface area contributed by atoms with Crippen LogP contribution in [0.1, 0.15) is 0 Å². The van der Waals surface area contributed by atoms with E-state index < -0.39 is 20.3 Å². The molecular weight excluding hydrogens is 407 g/mol. The Morgan fingerprint density at radius 2 is 1.61 bits per heavy atom. The van der Waals surface area contributed by atoms with Crippen LogP contribution >= 0.6 is 34.5 Å². The number of nitrogens with one attached hydrogen (secondary N) is 2. The number of halogens is 2. The molecule has 0 amide bonds. The largest absolute Gasteiger partial charge is 0.359 e. The summed E-state index contributed by atoms with van der Waals surface area (Å²) in [4.78, 5) is 0. The fourth-order valence-electron chi connectivity index (χ4n) is 1.50. The Bertz CT molecular complexity index is 911. The average molecular weight is 417 g/mol. The zero-order valence-corrected chi connectivity index (χ0v) is 15.4. The lowest BCUT2D eigenvalue weighted by Gasteiger charge is -2.14. The van der Waals surface area contributed by atoms with Crippen LogP contribution in [0.2, 0.25) is 10.0 Å². The van der Waals surface area contributed by atoms with Gasteiger partial charge in [-0.2, -0.15) is 8.42 Å². The number of sulfonamides is 1. The van der Waals surface area contributed by atoms with E-state index in [1.807, 2.05) is 0 Å². The topological polar surface area (TPSA) is 102 Å². The third kappa shape index (κ3) is 4.49. The van der Waals surface area contributed by atoms with Crippen LogP contribution in [0.15, 0.2) is 33.9 Å². The molecule has 0 aliphatic rings. The molecule has 1 aromatic carbocycles. The highest BCUT2D eigenvalue weighted by Gasteiger charge is 2.20. The molecule has 7 nitrogen and oxygen atoms in total. The molecule has 0 atom stereocenters. The highest BCUT2D eigenvalue weighted by molar-refractivity contribution is 7.94. The van der Waals surface area contributed by atoms with Crippen molar-refractivity contribution in [1.29, 1.82) is 0 Å². The fraction of sp³-hybridized carbons (Fsp3) is 0.0909. The highest BCUT2D eigenvalue weighted by atomic mass is 35.5. The van der Waals surface area contributed by atoms with Crippen molar-refractivity contribution in [2.45, 2.75) is 4.21 Å². The molecule has 0 aliphatic heterocycles. The minimum atomic E-state index is -4.12. The lowest BCUT2D eigenvalue weighted by Crippen LogP contribution is -2.17. The summed E-state index contributed by atoms with van der Waals surface area (Å²) in [6.07, 6.45) is 0. The van der Waals surface area contributed by atoms with Crippen LogP contribution in [-0.4, -0.2) is 23.9 Å². The number of thiophene rings is 1. The molecule has 0 radical (unpaired) electrons. The molecule has 12 heteroatoms. The molecule has 0 saturated carbocycles. The molecule has 1 heterocycles. The zero-order valence-electron chi connectivity index (χ0n) is 11.4. The second-order valence-electron chi connectivity index (χ2n) is 4.07. The average Bonchev–Trinajstić information content (AvgIpc) is 2.99. The maximum atomic E-state index is 12.3. The lowest BCUT2D eigenvalue weighted by molar-refractivity contribution is 0.402. The van der Waals surface area contributed by atoms with Crippen LogP contribution in [0.4, 0.5) is 11.4 Å². The SMILES string of the molecule is COS(=O)(=O)Nc1cc(Cl)c(Cl)cc1NS(=O)(=O)c1cccs1. The summed E-state index contributed by atoms with van der Waals surface area (Å²) in [6.45, 7) is 0. The molecule has 2 aromatic rings. The maximum absolute atomic E-state index is 12.3. The third-order valence-electron chi connectivity index (χ3n) is 2.52. The van der Waals surface area contributed by atoms with E-state index in [0.717, 1.165) is 18.4 Å². The normalized spacial score (nSPS) is 12.1. The summed E-state index contributed by atoms with van der Waals surface area (Å²) >= 11 is 12.7. The highest BCUT2D eigenvalue weighted by Crippen LogP contribution is 2.35. The van der Waals surface area contributed by atoms with E-state index in [-0.39, 0.29) is 25.6 Å². The number of rotatable bonds is 6. The number of benzene rings is 1. The van der Waals surface area contributed by atoms with E-state index in [4.69, 9.17) is 23.2 Å². The fourth-order valence-corrected chi connectivity index (χ4v) is 4.42. The molecule has 0 spiro atoms. The second kappa shape index (κ2) is 6.83. The van der Waals surface area contributed by atoms with Crippen molar-refractivity contribution in [2.24, 2.45) is 0 Å². The van der Waals surface area contributed by atoms with Gasteiger partial charge in [-0.3, -0.25) is 13.6 Å². The van der Waals surface area contributed by atoms with Crippen LogP contribution in [0.25, 0.3) is 0 Å². The first-order chi connectivity index (χ1) is 10.6. The van der Waals surface area contributed by atoms with Gasteiger partial charge >= 0.3 is 10.3 Å². The molecule has 126 valence electrons. The standard InChI is InChI=1S/C11H10Cl2N2O5S3/c1-20-23(18,19)15-10-6-8(13)7(12)5-9(10)14-22(16,17)11-3-2-4-21-11/h2-6,14-15H,1H3. The van der Waals surface area contributed by atoms with Crippen molar-refractivity contribution in [2.75, 3.05) is 16.6 Å². The Kier molecular flexibility index (Phi) is 5.44. The Morgan fingerprint density at radius 1 is 1.04 bits per heavy atom. The molecule has 23 heavy (non-hydrogen) atoms. The first-order valence-electron chi connectivity index (χ1n) is 5.78. The van der Waals surface area contributed by atoms with Gasteiger partial charge in [-0.05, 0) is 23.6 Å². The van der Waals surface area contributed by atoms with Crippen LogP contribution in [0.3, 0.4) is 0 Å². The minimum absolute atomic E-state index is 0.0412. The van der Waals surface area contributed by atoms with Gasteiger partial charge in [0.2, 0.25) is 0 Å². The molecule has 0 unspecified atom stereocenters. The predicted molar refractivity (Wildman–Crippen MR) is 91.1 cm³/mol. The van der Waals surface area contributed by atoms with Gasteiger partial charge in [-0.1, -0.05) is 29.3 Å². The van der Waals surface area contributed by atoms with Crippen molar-refractivity contribution >= 4 is 66.2 Å². The summed E-state index contributed by atoms with van der Waals surface area (Å²) in [6, 6.07) is 5.35. The molecule has 0 saturated heterocycles. The summed E-state index contributed by atoms with van der Waals surface area (Å²) in [5.74, 6) is 0. The van der Waals surface area contributed by atoms with Gasteiger partial charge in [0, 0.05) is 0 Å². The van der Waals surface area contributed by atoms with Gasteiger partial charge < -0.3 is 0 Å². The first-order valence-corrected chi connectivity index (χ1v) is 10.3. The maximum Gasteiger partial charge on any atom is 0.359 e. The van der Waals surface area contributed by atoms with Crippen molar-refractivity contribution in [3.05, 3.63) is 39.7 Å². The number of hydrogen-bond acceptors (Lipinski definition) is 6. The van der Waals surface area contributed by atoms with Crippen LogP contribution in [-0.2, 0) is 24.5 Å². The quantitative estimate of drug-likeness (QED) is 0.752. The van der Waals surface area contributed by atoms with E-state index in [9.17, 15) is 16.8 Å². The summed E-state index contributed by atoms with van der Waals surface area (Å²) in [5.41, 5.74) is -0.213. The Labute approximate surface area is 147 Å². The second-order valence-corrected chi connectivity index (χ2v) is 9.19. The molecule has 2 rings (SSSR count). The first kappa shape index (κ1) is 18.3. The molecule has 2 N–H and O–H groups in total. The minimum Gasteiger partial charge on any atom is -0.277 e. The molecular formula is C11H10Cl2N2O5S3. The van der Waals surface area contributed by atoms with E-state index in [1.165, 1.54) is 18.2 Å². The van der Waals surface area contributed by atoms with Gasteiger partial charge in [-0.15, -0.1) is 11.3 Å². The molecule has 0 fully saturated rings. The van der Waals surface area contributed by atoms with Crippen LogP contribution in [0, 0.1) is 0 Å². The third-order valence-corrected chi connectivity index (χ3v) is 6.91. The zero-order chi connectivity index (χ0) is 17.3. The number of anilines is 2. The number of hydrogen-bond donors (Lipinski definition) is 2. The Balaban J connectivity index is 2.47. The van der Waals surface area contributed by atoms with Crippen molar-refractivity contribution in [3.63, 3.8) is 0 Å². The smallest absolute Gasteiger partial charge is 0.277 e. The van der Waals surface area contributed by atoms with E-state index in [1.54, 1.807) is 11.4 Å². The van der Waals surface area contributed by atoms with E-state index >= 15 is 0 Å². The molecule has 0 bridgehead atoms. The van der Waals surface area contributed by atoms with Gasteiger partial charge in [0.05, 0.1) is 28.5 Å². The van der Waals surface area contributed by atoms with Crippen molar-refractivity contribution < 1.29 is 21.0 Å². The van der Waals surface area contributed by atoms with Crippen molar-refractivity contribution in [1.82, 2.24) is 0 Å². The summed E-state index contributed by atoms with van der Waals surface area (Å²) in [7, 11) is -7.06. The van der Waals surface area contributed by atoms with Gasteiger partial charge in [-0.25, -0.2) is 8.42 Å². The lowest BCUT2D eigenvalue weighted by atomic mass is 10.3. The van der Waals surface area contributed by atoms with Crippen molar-refractivity contribution in [3.8, 4) is 0 Å². The van der Waals surface area contributed by atoms with E-state index in [0.29, 0.717) is 0 Å². The summed E-state index contributed by atoms with van der Waals surface area (Å²) in [5, 5.41) is 1.69. The van der Waals surface area contributed by atoms with Gasteiger partial charge in [0.15, 0.2) is 0 Å². The molecule has 1 aromatic heterocycles.